The van der Waals surface area contributed by atoms with Crippen LogP contribution >= 0.6 is 0 Å². The van der Waals surface area contributed by atoms with Gasteiger partial charge in [0.25, 0.3) is 0 Å². The number of hydrogen-bond donors (Lipinski definition) is 2. The van der Waals surface area contributed by atoms with E-state index in [0.29, 0.717) is 13.1 Å². The van der Waals surface area contributed by atoms with E-state index in [1.54, 1.807) is 11.9 Å². The Morgan fingerprint density at radius 1 is 1.50 bits per heavy atom. The van der Waals surface area contributed by atoms with Gasteiger partial charge in [-0.2, -0.15) is 0 Å². The lowest BCUT2D eigenvalue weighted by atomic mass is 10.2. The van der Waals surface area contributed by atoms with Crippen LogP contribution in [0, 0.1) is 0 Å². The van der Waals surface area contributed by atoms with Gasteiger partial charge in [0.1, 0.15) is 5.60 Å². The average Bonchev–Trinajstić information content (AvgIpc) is 2.90. The summed E-state index contributed by atoms with van der Waals surface area (Å²) in [7, 11) is 1.75. The number of β-amino-alcohol motifs (C(OH)–C–C–N with tert-alkyl or cyclic N) is 1. The van der Waals surface area contributed by atoms with Gasteiger partial charge in [-0.25, -0.2) is 4.79 Å². The zero-order valence-corrected chi connectivity index (χ0v) is 16.0. The van der Waals surface area contributed by atoms with Gasteiger partial charge in [0.15, 0.2) is 5.96 Å². The molecule has 1 aliphatic rings. The minimum absolute atomic E-state index is 0.0376. The standard InChI is InChI=1S/C17H34N4O3/c1-7-18-15(21-11-9-14(22)12-21)19-10-8-13(2)20(6)16(23)24-17(3,4)5/h13-14,22H,7-12H2,1-6H3,(H,18,19)/t13?,14-/m1/s1. The number of amides is 1. The second kappa shape index (κ2) is 9.11. The van der Waals surface area contributed by atoms with E-state index in [0.717, 1.165) is 31.9 Å². The average molecular weight is 342 g/mol. The van der Waals surface area contributed by atoms with Gasteiger partial charge in [-0.15, -0.1) is 0 Å². The SMILES string of the molecule is CCNC(=NCCC(C)N(C)C(=O)OC(C)(C)C)N1CC[C@@H](O)C1. The van der Waals surface area contributed by atoms with Crippen molar-refractivity contribution in [3.63, 3.8) is 0 Å². The Labute approximate surface area is 146 Å². The van der Waals surface area contributed by atoms with Crippen molar-refractivity contribution < 1.29 is 14.6 Å². The molecule has 0 saturated carbocycles. The van der Waals surface area contributed by atoms with Crippen molar-refractivity contribution in [3.05, 3.63) is 0 Å². The number of hydrogen-bond acceptors (Lipinski definition) is 4. The lowest BCUT2D eigenvalue weighted by Gasteiger charge is -2.28. The number of aliphatic hydroxyl groups is 1. The van der Waals surface area contributed by atoms with E-state index in [4.69, 9.17) is 4.74 Å². The Balaban J connectivity index is 2.51. The summed E-state index contributed by atoms with van der Waals surface area (Å²) in [4.78, 5) is 20.4. The van der Waals surface area contributed by atoms with Crippen molar-refractivity contribution in [2.75, 3.05) is 33.2 Å². The molecule has 2 atom stereocenters. The maximum atomic E-state index is 12.1. The molecule has 0 aromatic rings. The highest BCUT2D eigenvalue weighted by atomic mass is 16.6. The first-order chi connectivity index (χ1) is 11.1. The van der Waals surface area contributed by atoms with Crippen LogP contribution in [0.2, 0.25) is 0 Å². The first-order valence-electron chi connectivity index (χ1n) is 8.81. The third-order valence-corrected chi connectivity index (χ3v) is 3.95. The van der Waals surface area contributed by atoms with Crippen molar-refractivity contribution in [2.45, 2.75) is 65.2 Å². The molecule has 0 aromatic carbocycles. The van der Waals surface area contributed by atoms with Gasteiger partial charge in [-0.1, -0.05) is 0 Å². The number of nitrogens with zero attached hydrogens (tertiary/aromatic N) is 3. The van der Waals surface area contributed by atoms with E-state index in [1.165, 1.54) is 0 Å². The molecule has 0 bridgehead atoms. The minimum Gasteiger partial charge on any atom is -0.444 e. The summed E-state index contributed by atoms with van der Waals surface area (Å²) in [5.41, 5.74) is -0.488. The Hall–Kier alpha value is -1.50. The fourth-order valence-corrected chi connectivity index (χ4v) is 2.42. The monoisotopic (exact) mass is 342 g/mol. The Morgan fingerprint density at radius 2 is 2.17 bits per heavy atom. The van der Waals surface area contributed by atoms with Crippen molar-refractivity contribution in [2.24, 2.45) is 4.99 Å². The van der Waals surface area contributed by atoms with E-state index < -0.39 is 5.60 Å². The Kier molecular flexibility index (Phi) is 7.79. The molecule has 1 heterocycles. The van der Waals surface area contributed by atoms with E-state index in [2.05, 4.69) is 15.2 Å². The summed E-state index contributed by atoms with van der Waals surface area (Å²) in [5, 5.41) is 12.9. The molecule has 1 unspecified atom stereocenters. The molecule has 0 radical (unpaired) electrons. The molecule has 0 aromatic heterocycles. The van der Waals surface area contributed by atoms with Gasteiger partial charge in [0.05, 0.1) is 6.10 Å². The first kappa shape index (κ1) is 20.5. The number of likely N-dealkylation sites (tertiary alicyclic amines) is 1. The van der Waals surface area contributed by atoms with Crippen LogP contribution in [-0.2, 0) is 4.74 Å². The summed E-state index contributed by atoms with van der Waals surface area (Å²) in [6, 6.07) is 0.0376. The lowest BCUT2D eigenvalue weighted by Crippen LogP contribution is -2.41. The third kappa shape index (κ3) is 6.95. The summed E-state index contributed by atoms with van der Waals surface area (Å²) in [6.45, 7) is 12.5. The molecule has 140 valence electrons. The molecular weight excluding hydrogens is 308 g/mol. The van der Waals surface area contributed by atoms with Crippen LogP contribution in [0.25, 0.3) is 0 Å². The number of carbonyl (C=O) groups excluding carboxylic acids is 1. The molecular formula is C17H34N4O3. The molecule has 7 heteroatoms. The predicted molar refractivity (Wildman–Crippen MR) is 96.3 cm³/mol. The van der Waals surface area contributed by atoms with Crippen molar-refractivity contribution in [1.29, 1.82) is 0 Å². The zero-order chi connectivity index (χ0) is 18.3. The van der Waals surface area contributed by atoms with Crippen molar-refractivity contribution in [3.8, 4) is 0 Å². The summed E-state index contributed by atoms with van der Waals surface area (Å²) >= 11 is 0. The molecule has 0 aliphatic carbocycles. The second-order valence-corrected chi connectivity index (χ2v) is 7.35. The Morgan fingerprint density at radius 3 is 2.67 bits per heavy atom. The van der Waals surface area contributed by atoms with Gasteiger partial charge in [-0.05, 0) is 47.5 Å². The van der Waals surface area contributed by atoms with Gasteiger partial charge in [-0.3, -0.25) is 4.99 Å². The van der Waals surface area contributed by atoms with E-state index >= 15 is 0 Å². The quantitative estimate of drug-likeness (QED) is 0.587. The number of ether oxygens (including phenoxy) is 1. The van der Waals surface area contributed by atoms with Crippen LogP contribution in [0.1, 0.15) is 47.5 Å². The molecule has 1 amide bonds. The van der Waals surface area contributed by atoms with E-state index in [-0.39, 0.29) is 18.2 Å². The summed E-state index contributed by atoms with van der Waals surface area (Å²) in [6.07, 6.45) is 0.947. The van der Waals surface area contributed by atoms with Gasteiger partial charge < -0.3 is 25.0 Å². The number of guanidine groups is 1. The van der Waals surface area contributed by atoms with Crippen molar-refractivity contribution in [1.82, 2.24) is 15.1 Å². The number of carbonyl (C=O) groups is 1. The second-order valence-electron chi connectivity index (χ2n) is 7.35. The number of nitrogens with one attached hydrogen (secondary N) is 1. The lowest BCUT2D eigenvalue weighted by molar-refractivity contribution is 0.0231. The van der Waals surface area contributed by atoms with Gasteiger partial charge in [0.2, 0.25) is 0 Å². The van der Waals surface area contributed by atoms with Gasteiger partial charge in [0, 0.05) is 39.3 Å². The molecule has 1 saturated heterocycles. The number of rotatable bonds is 5. The van der Waals surface area contributed by atoms with Gasteiger partial charge >= 0.3 is 6.09 Å². The van der Waals surface area contributed by atoms with Crippen LogP contribution in [0.5, 0.6) is 0 Å². The van der Waals surface area contributed by atoms with Crippen LogP contribution in [0.3, 0.4) is 0 Å². The summed E-state index contributed by atoms with van der Waals surface area (Å²) in [5.74, 6) is 0.834. The number of aliphatic imine (C=N–C) groups is 1. The molecule has 0 spiro atoms. The summed E-state index contributed by atoms with van der Waals surface area (Å²) < 4.78 is 5.38. The number of aliphatic hydroxyl groups excluding tert-OH is 1. The normalized spacial score (nSPS) is 20.0. The zero-order valence-electron chi connectivity index (χ0n) is 16.0. The topological polar surface area (TPSA) is 77.4 Å². The highest BCUT2D eigenvalue weighted by Crippen LogP contribution is 2.12. The van der Waals surface area contributed by atoms with Crippen molar-refractivity contribution >= 4 is 12.1 Å². The van der Waals surface area contributed by atoms with E-state index in [1.807, 2.05) is 34.6 Å². The highest BCUT2D eigenvalue weighted by Gasteiger charge is 2.24. The smallest absolute Gasteiger partial charge is 0.410 e. The van der Waals surface area contributed by atoms with Crippen LogP contribution in [0.15, 0.2) is 4.99 Å². The van der Waals surface area contributed by atoms with Crippen LogP contribution in [0.4, 0.5) is 4.79 Å². The maximum Gasteiger partial charge on any atom is 0.410 e. The molecule has 2 N–H and O–H groups in total. The molecule has 7 nitrogen and oxygen atoms in total. The maximum absolute atomic E-state index is 12.1. The van der Waals surface area contributed by atoms with Crippen LogP contribution < -0.4 is 5.32 Å². The molecule has 24 heavy (non-hydrogen) atoms. The minimum atomic E-state index is -0.488. The first-order valence-corrected chi connectivity index (χ1v) is 8.81. The predicted octanol–water partition coefficient (Wildman–Crippen LogP) is 1.66. The Bertz CT molecular complexity index is 434. The molecule has 1 rings (SSSR count). The molecule has 1 fully saturated rings. The fraction of sp³-hybridized carbons (Fsp3) is 0.882. The molecule has 1 aliphatic heterocycles. The van der Waals surface area contributed by atoms with E-state index in [9.17, 15) is 9.90 Å². The third-order valence-electron chi connectivity index (χ3n) is 3.95. The largest absolute Gasteiger partial charge is 0.444 e. The fourth-order valence-electron chi connectivity index (χ4n) is 2.42. The highest BCUT2D eigenvalue weighted by molar-refractivity contribution is 5.80. The van der Waals surface area contributed by atoms with Crippen LogP contribution in [-0.4, -0.2) is 77.9 Å².